The van der Waals surface area contributed by atoms with Gasteiger partial charge in [-0.05, 0) is 25.0 Å². The molecule has 1 fully saturated rings. The Labute approximate surface area is 153 Å². The lowest BCUT2D eigenvalue weighted by Crippen LogP contribution is -2.42. The van der Waals surface area contributed by atoms with Crippen LogP contribution in [0.4, 0.5) is 14.5 Å². The summed E-state index contributed by atoms with van der Waals surface area (Å²) < 4.78 is 26.8. The molecule has 1 saturated carbocycles. The molecule has 144 valence electrons. The Balaban J connectivity index is 1.87. The lowest BCUT2D eigenvalue weighted by Gasteiger charge is -2.19. The number of amides is 2. The third-order valence-electron chi connectivity index (χ3n) is 4.82. The molecule has 0 radical (unpaired) electrons. The normalized spacial score (nSPS) is 17.6. The monoisotopic (exact) mass is 366 g/mol. The molecule has 0 atom stereocenters. The first-order valence-electron chi connectivity index (χ1n) is 9.63. The summed E-state index contributed by atoms with van der Waals surface area (Å²) in [6, 6.07) is 2.67. The average molecular weight is 366 g/mol. The topological polar surface area (TPSA) is 58.2 Å². The summed E-state index contributed by atoms with van der Waals surface area (Å²) in [5.74, 6) is -3.23. The maximum atomic E-state index is 13.6. The van der Waals surface area contributed by atoms with Crippen molar-refractivity contribution in [1.82, 2.24) is 5.32 Å². The minimum absolute atomic E-state index is 0.0509. The predicted molar refractivity (Wildman–Crippen MR) is 97.7 cm³/mol. The van der Waals surface area contributed by atoms with Crippen molar-refractivity contribution < 1.29 is 18.4 Å². The molecule has 0 unspecified atom stereocenters. The summed E-state index contributed by atoms with van der Waals surface area (Å²) in [5, 5.41) is 4.90. The standard InChI is InChI=1S/C20H28F2N2O2/c21-15-12-13-17(22)18(14-15)24-20(26)19(25)23-16-10-8-6-4-2-1-3-5-7-9-11-16/h12-14,16H,1-11H2,(H,23,25)(H,24,26). The van der Waals surface area contributed by atoms with E-state index in [-0.39, 0.29) is 11.7 Å². The second-order valence-corrected chi connectivity index (χ2v) is 7.01. The number of rotatable bonds is 2. The smallest absolute Gasteiger partial charge is 0.313 e. The third kappa shape index (κ3) is 7.10. The van der Waals surface area contributed by atoms with Crippen molar-refractivity contribution in [3.63, 3.8) is 0 Å². The summed E-state index contributed by atoms with van der Waals surface area (Å²) >= 11 is 0. The van der Waals surface area contributed by atoms with Crippen molar-refractivity contribution in [2.24, 2.45) is 0 Å². The first-order valence-corrected chi connectivity index (χ1v) is 9.63. The first-order chi connectivity index (χ1) is 12.6. The van der Waals surface area contributed by atoms with Gasteiger partial charge in [-0.15, -0.1) is 0 Å². The zero-order valence-corrected chi connectivity index (χ0v) is 15.2. The number of halogens is 2. The largest absolute Gasteiger partial charge is 0.345 e. The molecule has 0 bridgehead atoms. The van der Waals surface area contributed by atoms with Crippen molar-refractivity contribution in [2.75, 3.05) is 5.32 Å². The van der Waals surface area contributed by atoms with Gasteiger partial charge in [0.1, 0.15) is 11.6 Å². The van der Waals surface area contributed by atoms with Crippen LogP contribution >= 0.6 is 0 Å². The minimum atomic E-state index is -0.972. The first kappa shape index (κ1) is 20.3. The number of nitrogens with one attached hydrogen (secondary N) is 2. The number of hydrogen-bond acceptors (Lipinski definition) is 2. The second kappa shape index (κ2) is 10.9. The summed E-state index contributed by atoms with van der Waals surface area (Å²) in [6.07, 6.45) is 12.2. The van der Waals surface area contributed by atoms with Crippen molar-refractivity contribution >= 4 is 17.5 Å². The van der Waals surface area contributed by atoms with Gasteiger partial charge in [-0.1, -0.05) is 57.8 Å². The fraction of sp³-hybridized carbons (Fsp3) is 0.600. The van der Waals surface area contributed by atoms with Crippen LogP contribution < -0.4 is 10.6 Å². The highest BCUT2D eigenvalue weighted by Gasteiger charge is 2.20. The van der Waals surface area contributed by atoms with Crippen molar-refractivity contribution in [1.29, 1.82) is 0 Å². The molecule has 1 aromatic carbocycles. The lowest BCUT2D eigenvalue weighted by molar-refractivity contribution is -0.136. The summed E-state index contributed by atoms with van der Waals surface area (Å²) in [4.78, 5) is 24.2. The Hall–Kier alpha value is -1.98. The number of hydrogen-bond donors (Lipinski definition) is 2. The van der Waals surface area contributed by atoms with Crippen LogP contribution in [0.25, 0.3) is 0 Å². The van der Waals surface area contributed by atoms with Crippen LogP contribution in [-0.4, -0.2) is 17.9 Å². The van der Waals surface area contributed by atoms with Crippen LogP contribution in [0, 0.1) is 11.6 Å². The van der Waals surface area contributed by atoms with Crippen LogP contribution in [0.2, 0.25) is 0 Å². The number of carbonyl (C=O) groups excluding carboxylic acids is 2. The fourth-order valence-electron chi connectivity index (χ4n) is 3.33. The zero-order valence-electron chi connectivity index (χ0n) is 15.2. The van der Waals surface area contributed by atoms with Gasteiger partial charge >= 0.3 is 11.8 Å². The van der Waals surface area contributed by atoms with E-state index in [9.17, 15) is 18.4 Å². The van der Waals surface area contributed by atoms with Gasteiger partial charge in [0, 0.05) is 12.1 Å². The van der Waals surface area contributed by atoms with E-state index in [1.807, 2.05) is 0 Å². The number of benzene rings is 1. The quantitative estimate of drug-likeness (QED) is 0.746. The van der Waals surface area contributed by atoms with Gasteiger partial charge in [-0.2, -0.15) is 0 Å². The third-order valence-corrected chi connectivity index (χ3v) is 4.82. The molecule has 0 spiro atoms. The Morgan fingerprint density at radius 1 is 0.808 bits per heavy atom. The van der Waals surface area contributed by atoms with Crippen LogP contribution in [0.15, 0.2) is 18.2 Å². The zero-order chi connectivity index (χ0) is 18.8. The van der Waals surface area contributed by atoms with Gasteiger partial charge < -0.3 is 10.6 Å². The van der Waals surface area contributed by atoms with Gasteiger partial charge in [0.15, 0.2) is 0 Å². The Kier molecular flexibility index (Phi) is 8.51. The van der Waals surface area contributed by atoms with Crippen molar-refractivity contribution in [2.45, 2.75) is 76.7 Å². The molecule has 1 aromatic rings. The van der Waals surface area contributed by atoms with Crippen LogP contribution in [0.5, 0.6) is 0 Å². The Bertz CT molecular complexity index is 595. The molecule has 4 nitrogen and oxygen atoms in total. The average Bonchev–Trinajstić information content (AvgIpc) is 2.60. The van der Waals surface area contributed by atoms with E-state index >= 15 is 0 Å². The fourth-order valence-corrected chi connectivity index (χ4v) is 3.33. The second-order valence-electron chi connectivity index (χ2n) is 7.01. The van der Waals surface area contributed by atoms with Crippen LogP contribution in [0.1, 0.15) is 70.6 Å². The molecule has 1 aliphatic rings. The minimum Gasteiger partial charge on any atom is -0.345 e. The maximum Gasteiger partial charge on any atom is 0.313 e. The molecule has 1 aliphatic carbocycles. The SMILES string of the molecule is O=C(Nc1cc(F)ccc1F)C(=O)NC1CCCCCCCCCCC1. The molecule has 2 rings (SSSR count). The Morgan fingerprint density at radius 2 is 1.35 bits per heavy atom. The van der Waals surface area contributed by atoms with E-state index in [4.69, 9.17) is 0 Å². The van der Waals surface area contributed by atoms with Gasteiger partial charge in [-0.3, -0.25) is 9.59 Å². The number of anilines is 1. The molecule has 0 aliphatic heterocycles. The Morgan fingerprint density at radius 3 is 1.92 bits per heavy atom. The van der Waals surface area contributed by atoms with Crippen molar-refractivity contribution in [3.8, 4) is 0 Å². The molecule has 26 heavy (non-hydrogen) atoms. The molecule has 2 amide bonds. The lowest BCUT2D eigenvalue weighted by atomic mass is 9.98. The number of carbonyl (C=O) groups is 2. The van der Waals surface area contributed by atoms with E-state index in [0.717, 1.165) is 56.7 Å². The van der Waals surface area contributed by atoms with Crippen LogP contribution in [0.3, 0.4) is 0 Å². The van der Waals surface area contributed by atoms with E-state index in [0.29, 0.717) is 0 Å². The van der Waals surface area contributed by atoms with E-state index in [1.54, 1.807) is 0 Å². The summed E-state index contributed by atoms with van der Waals surface area (Å²) in [5.41, 5.74) is -0.330. The van der Waals surface area contributed by atoms with Crippen molar-refractivity contribution in [3.05, 3.63) is 29.8 Å². The molecular formula is C20H28F2N2O2. The molecule has 2 N–H and O–H groups in total. The molecule has 0 saturated heterocycles. The molecular weight excluding hydrogens is 338 g/mol. The van der Waals surface area contributed by atoms with Crippen LogP contribution in [-0.2, 0) is 9.59 Å². The van der Waals surface area contributed by atoms with E-state index in [1.165, 1.54) is 32.1 Å². The maximum absolute atomic E-state index is 13.6. The van der Waals surface area contributed by atoms with E-state index < -0.39 is 23.4 Å². The van der Waals surface area contributed by atoms with Gasteiger partial charge in [0.2, 0.25) is 0 Å². The molecule has 0 aromatic heterocycles. The highest BCUT2D eigenvalue weighted by atomic mass is 19.1. The highest BCUT2D eigenvalue weighted by molar-refractivity contribution is 6.39. The molecule has 0 heterocycles. The summed E-state index contributed by atoms with van der Waals surface area (Å²) in [7, 11) is 0. The molecule has 6 heteroatoms. The van der Waals surface area contributed by atoms with Gasteiger partial charge in [0.05, 0.1) is 5.69 Å². The van der Waals surface area contributed by atoms with Gasteiger partial charge in [-0.25, -0.2) is 8.78 Å². The highest BCUT2D eigenvalue weighted by Crippen LogP contribution is 2.18. The van der Waals surface area contributed by atoms with Gasteiger partial charge in [0.25, 0.3) is 0 Å². The van der Waals surface area contributed by atoms with E-state index in [2.05, 4.69) is 10.6 Å². The predicted octanol–water partition coefficient (Wildman–Crippen LogP) is 4.69. The summed E-state index contributed by atoms with van der Waals surface area (Å²) in [6.45, 7) is 0.